The maximum Gasteiger partial charge on any atom is 0.244 e. The highest BCUT2D eigenvalue weighted by Crippen LogP contribution is 2.24. The Morgan fingerprint density at radius 1 is 1.00 bits per heavy atom. The summed E-state index contributed by atoms with van der Waals surface area (Å²) in [6.07, 6.45) is 1.86. The summed E-state index contributed by atoms with van der Waals surface area (Å²) in [4.78, 5) is 27.7. The quantitative estimate of drug-likeness (QED) is 0.574. The van der Waals surface area contributed by atoms with Crippen LogP contribution < -0.4 is 9.62 Å². The molecule has 1 atom stereocenters. The molecule has 2 rings (SSSR count). The van der Waals surface area contributed by atoms with E-state index >= 15 is 0 Å². The first-order chi connectivity index (χ1) is 15.4. The smallest absolute Gasteiger partial charge is 0.244 e. The third-order valence-electron chi connectivity index (χ3n) is 5.50. The van der Waals surface area contributed by atoms with E-state index in [4.69, 9.17) is 0 Å². The van der Waals surface area contributed by atoms with Crippen molar-refractivity contribution in [1.82, 2.24) is 10.2 Å². The van der Waals surface area contributed by atoms with E-state index in [0.29, 0.717) is 12.2 Å². The summed E-state index contributed by atoms with van der Waals surface area (Å²) in [6.45, 7) is 9.59. The van der Waals surface area contributed by atoms with Gasteiger partial charge in [0, 0.05) is 13.1 Å². The van der Waals surface area contributed by atoms with E-state index in [0.717, 1.165) is 39.2 Å². The van der Waals surface area contributed by atoms with Gasteiger partial charge in [0.1, 0.15) is 12.6 Å². The molecule has 2 aromatic rings. The van der Waals surface area contributed by atoms with Crippen molar-refractivity contribution in [3.05, 3.63) is 64.7 Å². The van der Waals surface area contributed by atoms with Crippen molar-refractivity contribution < 1.29 is 18.0 Å². The summed E-state index contributed by atoms with van der Waals surface area (Å²) in [7, 11) is -3.74. The predicted octanol–water partition coefficient (Wildman–Crippen LogP) is 3.32. The first-order valence-electron chi connectivity index (χ1n) is 11.1. The number of hydrogen-bond acceptors (Lipinski definition) is 4. The van der Waals surface area contributed by atoms with Crippen molar-refractivity contribution in [2.24, 2.45) is 0 Å². The molecule has 8 heteroatoms. The van der Waals surface area contributed by atoms with Gasteiger partial charge in [0.25, 0.3) is 0 Å². The first-order valence-corrected chi connectivity index (χ1v) is 13.0. The largest absolute Gasteiger partial charge is 0.354 e. The number of carbonyl (C=O) groups excluding carboxylic acids is 2. The zero-order chi connectivity index (χ0) is 24.8. The highest BCUT2D eigenvalue weighted by Gasteiger charge is 2.30. The van der Waals surface area contributed by atoms with Gasteiger partial charge in [0.15, 0.2) is 0 Å². The molecule has 0 unspecified atom stereocenters. The fraction of sp³-hybridized carbons (Fsp3) is 0.440. The highest BCUT2D eigenvalue weighted by molar-refractivity contribution is 7.92. The minimum absolute atomic E-state index is 0.199. The van der Waals surface area contributed by atoms with Gasteiger partial charge in [0.05, 0.1) is 11.9 Å². The number of anilines is 1. The van der Waals surface area contributed by atoms with Crippen LogP contribution in [0, 0.1) is 20.8 Å². The Balaban J connectivity index is 2.40. The number of nitrogens with zero attached hydrogens (tertiary/aromatic N) is 2. The van der Waals surface area contributed by atoms with E-state index in [1.807, 2.05) is 64.1 Å². The van der Waals surface area contributed by atoms with E-state index in [1.165, 1.54) is 4.90 Å². The van der Waals surface area contributed by atoms with Gasteiger partial charge in [0.2, 0.25) is 21.8 Å². The van der Waals surface area contributed by atoms with Crippen LogP contribution in [-0.4, -0.2) is 50.5 Å². The topological polar surface area (TPSA) is 86.8 Å². The molecular weight excluding hydrogens is 438 g/mol. The third kappa shape index (κ3) is 7.32. The minimum Gasteiger partial charge on any atom is -0.354 e. The molecular formula is C25H35N3O4S. The van der Waals surface area contributed by atoms with E-state index in [2.05, 4.69) is 5.32 Å². The first kappa shape index (κ1) is 26.4. The van der Waals surface area contributed by atoms with Gasteiger partial charge in [-0.25, -0.2) is 8.42 Å². The fourth-order valence-corrected chi connectivity index (χ4v) is 4.35. The van der Waals surface area contributed by atoms with Crippen LogP contribution in [0.25, 0.3) is 0 Å². The van der Waals surface area contributed by atoms with Crippen molar-refractivity contribution >= 4 is 27.5 Å². The second-order valence-electron chi connectivity index (χ2n) is 8.53. The molecule has 0 aliphatic carbocycles. The fourth-order valence-electron chi connectivity index (χ4n) is 3.45. The summed E-state index contributed by atoms with van der Waals surface area (Å²) >= 11 is 0. The van der Waals surface area contributed by atoms with Crippen LogP contribution in [0.2, 0.25) is 0 Å². The Morgan fingerprint density at radius 2 is 1.61 bits per heavy atom. The molecule has 0 bridgehead atoms. The van der Waals surface area contributed by atoms with Crippen molar-refractivity contribution in [2.75, 3.05) is 23.7 Å². The maximum absolute atomic E-state index is 13.5. The Hall–Kier alpha value is -2.87. The van der Waals surface area contributed by atoms with Crippen LogP contribution in [0.3, 0.4) is 0 Å². The molecule has 0 fully saturated rings. The van der Waals surface area contributed by atoms with Crippen LogP contribution >= 0.6 is 0 Å². The van der Waals surface area contributed by atoms with Gasteiger partial charge < -0.3 is 10.2 Å². The molecule has 0 spiro atoms. The van der Waals surface area contributed by atoms with Gasteiger partial charge >= 0.3 is 0 Å². The van der Waals surface area contributed by atoms with E-state index in [-0.39, 0.29) is 19.0 Å². The Kier molecular flexibility index (Phi) is 9.05. The molecule has 0 aliphatic heterocycles. The van der Waals surface area contributed by atoms with E-state index in [1.54, 1.807) is 13.0 Å². The van der Waals surface area contributed by atoms with Crippen molar-refractivity contribution in [1.29, 1.82) is 0 Å². The standard InChI is InChI=1S/C25H35N3O4S/c1-7-14-26-25(30)21(5)27(16-22-12-9-18(2)10-13-22)24(29)17-28(33(6,31)32)23-15-19(3)8-11-20(23)4/h8-13,15,21H,7,14,16-17H2,1-6H3,(H,26,30)/t21-/m0/s1. The predicted molar refractivity (Wildman–Crippen MR) is 133 cm³/mol. The maximum atomic E-state index is 13.5. The van der Waals surface area contributed by atoms with Crippen LogP contribution in [-0.2, 0) is 26.2 Å². The number of hydrogen-bond donors (Lipinski definition) is 1. The average molecular weight is 474 g/mol. The molecule has 0 aliphatic rings. The Morgan fingerprint density at radius 3 is 2.18 bits per heavy atom. The molecule has 180 valence electrons. The normalized spacial score (nSPS) is 12.2. The molecule has 33 heavy (non-hydrogen) atoms. The minimum atomic E-state index is -3.74. The zero-order valence-electron chi connectivity index (χ0n) is 20.4. The second-order valence-corrected chi connectivity index (χ2v) is 10.4. The monoisotopic (exact) mass is 473 g/mol. The Bertz CT molecular complexity index is 1080. The SMILES string of the molecule is CCCNC(=O)[C@H](C)N(Cc1ccc(C)cc1)C(=O)CN(c1cc(C)ccc1C)S(C)(=O)=O. The number of nitrogens with one attached hydrogen (secondary N) is 1. The molecule has 0 saturated heterocycles. The molecule has 0 aromatic heterocycles. The average Bonchev–Trinajstić information content (AvgIpc) is 2.75. The number of sulfonamides is 1. The van der Waals surface area contributed by atoms with Crippen molar-refractivity contribution in [3.8, 4) is 0 Å². The molecule has 0 heterocycles. The molecule has 7 nitrogen and oxygen atoms in total. The molecule has 0 saturated carbocycles. The molecule has 0 radical (unpaired) electrons. The summed E-state index contributed by atoms with van der Waals surface area (Å²) in [5.41, 5.74) is 4.05. The van der Waals surface area contributed by atoms with E-state index < -0.39 is 22.0 Å². The molecule has 1 N–H and O–H groups in total. The number of rotatable bonds is 10. The number of benzene rings is 2. The summed E-state index contributed by atoms with van der Waals surface area (Å²) in [5, 5.41) is 2.83. The second kappa shape index (κ2) is 11.3. The molecule has 2 amide bonds. The van der Waals surface area contributed by atoms with Gasteiger partial charge in [-0.1, -0.05) is 48.9 Å². The molecule has 2 aromatic carbocycles. The number of amides is 2. The summed E-state index contributed by atoms with van der Waals surface area (Å²) < 4.78 is 26.5. The van der Waals surface area contributed by atoms with Gasteiger partial charge in [-0.05, 0) is 56.9 Å². The lowest BCUT2D eigenvalue weighted by atomic mass is 10.1. The third-order valence-corrected chi connectivity index (χ3v) is 6.63. The summed E-state index contributed by atoms with van der Waals surface area (Å²) in [6, 6.07) is 12.4. The lowest BCUT2D eigenvalue weighted by Gasteiger charge is -2.32. The van der Waals surface area contributed by atoms with Crippen LogP contribution in [0.1, 0.15) is 42.5 Å². The number of carbonyl (C=O) groups is 2. The van der Waals surface area contributed by atoms with Gasteiger partial charge in [-0.2, -0.15) is 0 Å². The van der Waals surface area contributed by atoms with Gasteiger partial charge in [-0.15, -0.1) is 0 Å². The van der Waals surface area contributed by atoms with Crippen LogP contribution in [0.15, 0.2) is 42.5 Å². The zero-order valence-corrected chi connectivity index (χ0v) is 21.2. The van der Waals surface area contributed by atoms with Crippen LogP contribution in [0.5, 0.6) is 0 Å². The lowest BCUT2D eigenvalue weighted by Crippen LogP contribution is -2.51. The summed E-state index contributed by atoms with van der Waals surface area (Å²) in [5.74, 6) is -0.712. The number of aryl methyl sites for hydroxylation is 3. The van der Waals surface area contributed by atoms with Crippen molar-refractivity contribution in [3.63, 3.8) is 0 Å². The highest BCUT2D eigenvalue weighted by atomic mass is 32.2. The lowest BCUT2D eigenvalue weighted by molar-refractivity contribution is -0.139. The van der Waals surface area contributed by atoms with Gasteiger partial charge in [-0.3, -0.25) is 13.9 Å². The van der Waals surface area contributed by atoms with Crippen molar-refractivity contribution in [2.45, 2.75) is 53.6 Å². The Labute approximate surface area is 197 Å². The van der Waals surface area contributed by atoms with Crippen LogP contribution in [0.4, 0.5) is 5.69 Å². The van der Waals surface area contributed by atoms with E-state index in [9.17, 15) is 18.0 Å².